The quantitative estimate of drug-likeness (QED) is 0.922. The average molecular weight is 314 g/mol. The fourth-order valence-corrected chi connectivity index (χ4v) is 3.18. The smallest absolute Gasteiger partial charge is 0.226 e. The molecule has 2 N–H and O–H groups in total. The van der Waals surface area contributed by atoms with E-state index in [0.29, 0.717) is 32.4 Å². The van der Waals surface area contributed by atoms with Crippen molar-refractivity contribution in [3.63, 3.8) is 0 Å². The number of primary amides is 1. The van der Waals surface area contributed by atoms with Gasteiger partial charge in [-0.15, -0.1) is 0 Å². The number of imidazole rings is 1. The Balaban J connectivity index is 1.67. The van der Waals surface area contributed by atoms with Crippen molar-refractivity contribution < 1.29 is 9.59 Å². The van der Waals surface area contributed by atoms with E-state index in [1.807, 2.05) is 41.6 Å². The number of nitrogens with zero attached hydrogens (tertiary/aromatic N) is 3. The van der Waals surface area contributed by atoms with Gasteiger partial charge >= 0.3 is 0 Å². The third kappa shape index (κ3) is 3.06. The van der Waals surface area contributed by atoms with Gasteiger partial charge in [-0.05, 0) is 37.5 Å². The maximum Gasteiger partial charge on any atom is 0.226 e. The van der Waals surface area contributed by atoms with E-state index in [1.165, 1.54) is 0 Å². The Morgan fingerprint density at radius 1 is 1.30 bits per heavy atom. The van der Waals surface area contributed by atoms with Crippen LogP contribution in [0.25, 0.3) is 11.0 Å². The van der Waals surface area contributed by atoms with E-state index in [9.17, 15) is 9.59 Å². The zero-order valence-electron chi connectivity index (χ0n) is 13.6. The second kappa shape index (κ2) is 6.02. The Hall–Kier alpha value is -2.37. The van der Waals surface area contributed by atoms with Gasteiger partial charge in [0.05, 0.1) is 17.5 Å². The van der Waals surface area contributed by atoms with Gasteiger partial charge in [0.25, 0.3) is 0 Å². The predicted octanol–water partition coefficient (Wildman–Crippen LogP) is 1.15. The van der Waals surface area contributed by atoms with E-state index in [2.05, 4.69) is 4.98 Å². The molecule has 1 aromatic carbocycles. The molecule has 1 aliphatic rings. The minimum absolute atomic E-state index is 0.0908. The molecule has 6 heteroatoms. The molecule has 0 bridgehead atoms. The summed E-state index contributed by atoms with van der Waals surface area (Å²) >= 11 is 0. The van der Waals surface area contributed by atoms with E-state index in [1.54, 1.807) is 0 Å². The van der Waals surface area contributed by atoms with Crippen molar-refractivity contribution in [1.82, 2.24) is 14.5 Å². The van der Waals surface area contributed by atoms with Crippen molar-refractivity contribution in [2.45, 2.75) is 26.2 Å². The number of piperidine rings is 1. The molecule has 23 heavy (non-hydrogen) atoms. The molecule has 2 aromatic rings. The maximum absolute atomic E-state index is 12.4. The minimum Gasteiger partial charge on any atom is -0.369 e. The Kier molecular flexibility index (Phi) is 4.07. The van der Waals surface area contributed by atoms with Crippen molar-refractivity contribution in [3.8, 4) is 0 Å². The summed E-state index contributed by atoms with van der Waals surface area (Å²) in [5, 5.41) is 0. The van der Waals surface area contributed by atoms with Gasteiger partial charge in [-0.2, -0.15) is 0 Å². The van der Waals surface area contributed by atoms with Crippen LogP contribution in [-0.4, -0.2) is 39.4 Å². The van der Waals surface area contributed by atoms with E-state index >= 15 is 0 Å². The summed E-state index contributed by atoms with van der Waals surface area (Å²) in [6.07, 6.45) is 1.70. The first-order chi connectivity index (χ1) is 11.0. The van der Waals surface area contributed by atoms with Crippen LogP contribution in [0.3, 0.4) is 0 Å². The van der Waals surface area contributed by atoms with Crippen LogP contribution in [0.4, 0.5) is 0 Å². The molecular weight excluding hydrogens is 292 g/mol. The van der Waals surface area contributed by atoms with Gasteiger partial charge in [-0.25, -0.2) is 4.98 Å². The fourth-order valence-electron chi connectivity index (χ4n) is 3.18. The number of benzene rings is 1. The number of amides is 2. The highest BCUT2D eigenvalue weighted by molar-refractivity contribution is 5.82. The molecule has 122 valence electrons. The SMILES string of the molecule is Cc1nc2cc(CC(=O)N3CCC(C(N)=O)CC3)ccc2n1C. The number of carbonyl (C=O) groups is 2. The van der Waals surface area contributed by atoms with Gasteiger partial charge in [0.15, 0.2) is 0 Å². The number of fused-ring (bicyclic) bond motifs is 1. The molecule has 0 aliphatic carbocycles. The lowest BCUT2D eigenvalue weighted by Gasteiger charge is -2.30. The molecule has 0 saturated carbocycles. The first-order valence-electron chi connectivity index (χ1n) is 7.94. The third-order valence-corrected chi connectivity index (χ3v) is 4.77. The van der Waals surface area contributed by atoms with Gasteiger partial charge in [-0.1, -0.05) is 6.07 Å². The van der Waals surface area contributed by atoms with Crippen LogP contribution in [0, 0.1) is 12.8 Å². The number of aryl methyl sites for hydroxylation is 2. The summed E-state index contributed by atoms with van der Waals surface area (Å²) in [6.45, 7) is 3.18. The van der Waals surface area contributed by atoms with Gasteiger partial charge in [0, 0.05) is 26.1 Å². The average Bonchev–Trinajstić information content (AvgIpc) is 2.81. The fraction of sp³-hybridized carbons (Fsp3) is 0.471. The van der Waals surface area contributed by atoms with E-state index in [0.717, 1.165) is 22.4 Å². The van der Waals surface area contributed by atoms with Crippen LogP contribution in [-0.2, 0) is 23.1 Å². The topological polar surface area (TPSA) is 81.2 Å². The molecule has 0 unspecified atom stereocenters. The predicted molar refractivity (Wildman–Crippen MR) is 87.7 cm³/mol. The lowest BCUT2D eigenvalue weighted by molar-refractivity contribution is -0.134. The van der Waals surface area contributed by atoms with Crippen LogP contribution < -0.4 is 5.73 Å². The largest absolute Gasteiger partial charge is 0.369 e. The molecule has 3 rings (SSSR count). The first kappa shape index (κ1) is 15.5. The summed E-state index contributed by atoms with van der Waals surface area (Å²) in [4.78, 5) is 30.0. The van der Waals surface area contributed by atoms with Crippen molar-refractivity contribution in [3.05, 3.63) is 29.6 Å². The Morgan fingerprint density at radius 2 is 2.00 bits per heavy atom. The minimum atomic E-state index is -0.256. The van der Waals surface area contributed by atoms with Crippen molar-refractivity contribution >= 4 is 22.8 Å². The van der Waals surface area contributed by atoms with Crippen molar-refractivity contribution in [2.24, 2.45) is 18.7 Å². The van der Waals surface area contributed by atoms with Crippen LogP contribution in [0.2, 0.25) is 0 Å². The van der Waals surface area contributed by atoms with Gasteiger partial charge in [0.1, 0.15) is 5.82 Å². The van der Waals surface area contributed by atoms with Gasteiger partial charge in [-0.3, -0.25) is 9.59 Å². The molecule has 1 fully saturated rings. The lowest BCUT2D eigenvalue weighted by Crippen LogP contribution is -2.42. The molecule has 2 heterocycles. The van der Waals surface area contributed by atoms with E-state index in [-0.39, 0.29) is 17.7 Å². The summed E-state index contributed by atoms with van der Waals surface area (Å²) in [5.41, 5.74) is 8.29. The molecule has 0 atom stereocenters. The number of likely N-dealkylation sites (tertiary alicyclic amines) is 1. The molecular formula is C17H22N4O2. The lowest BCUT2D eigenvalue weighted by atomic mass is 9.96. The first-order valence-corrected chi connectivity index (χ1v) is 7.94. The molecule has 1 aromatic heterocycles. The van der Waals surface area contributed by atoms with Crippen LogP contribution >= 0.6 is 0 Å². The monoisotopic (exact) mass is 314 g/mol. The van der Waals surface area contributed by atoms with Gasteiger partial charge in [0.2, 0.25) is 11.8 Å². The summed E-state index contributed by atoms with van der Waals surface area (Å²) in [7, 11) is 1.98. The zero-order valence-corrected chi connectivity index (χ0v) is 13.6. The Labute approximate surface area is 135 Å². The highest BCUT2D eigenvalue weighted by Gasteiger charge is 2.25. The number of rotatable bonds is 3. The zero-order chi connectivity index (χ0) is 16.6. The summed E-state index contributed by atoms with van der Waals surface area (Å²) in [6, 6.07) is 5.98. The normalized spacial score (nSPS) is 16.0. The van der Waals surface area contributed by atoms with Crippen molar-refractivity contribution in [1.29, 1.82) is 0 Å². The second-order valence-corrected chi connectivity index (χ2v) is 6.28. The van der Waals surface area contributed by atoms with Crippen LogP contribution in [0.15, 0.2) is 18.2 Å². The third-order valence-electron chi connectivity index (χ3n) is 4.77. The molecule has 1 saturated heterocycles. The molecule has 6 nitrogen and oxygen atoms in total. The van der Waals surface area contributed by atoms with E-state index in [4.69, 9.17) is 5.73 Å². The summed E-state index contributed by atoms with van der Waals surface area (Å²) < 4.78 is 2.04. The van der Waals surface area contributed by atoms with Crippen LogP contribution in [0.1, 0.15) is 24.2 Å². The maximum atomic E-state index is 12.4. The second-order valence-electron chi connectivity index (χ2n) is 6.28. The molecule has 0 spiro atoms. The molecule has 0 radical (unpaired) electrons. The number of nitrogens with two attached hydrogens (primary N) is 1. The van der Waals surface area contributed by atoms with Crippen LogP contribution in [0.5, 0.6) is 0 Å². The van der Waals surface area contributed by atoms with Crippen molar-refractivity contribution in [2.75, 3.05) is 13.1 Å². The standard InChI is InChI=1S/C17H22N4O2/c1-11-19-14-9-12(3-4-15(14)20(11)2)10-16(22)21-7-5-13(6-8-21)17(18)23/h3-4,9,13H,5-8,10H2,1-2H3,(H2,18,23). The molecule has 1 aliphatic heterocycles. The summed E-state index contributed by atoms with van der Waals surface area (Å²) in [5.74, 6) is 0.705. The van der Waals surface area contributed by atoms with Gasteiger partial charge < -0.3 is 15.2 Å². The Bertz CT molecular complexity index is 757. The highest BCUT2D eigenvalue weighted by atomic mass is 16.2. The highest BCUT2D eigenvalue weighted by Crippen LogP contribution is 2.20. The Morgan fingerprint density at radius 3 is 2.65 bits per heavy atom. The molecule has 2 amide bonds. The van der Waals surface area contributed by atoms with E-state index < -0.39 is 0 Å². The number of aromatic nitrogens is 2. The number of hydrogen-bond acceptors (Lipinski definition) is 3. The number of carbonyl (C=O) groups excluding carboxylic acids is 2. The number of hydrogen-bond donors (Lipinski definition) is 1.